The zero-order chi connectivity index (χ0) is 12.6. The standard InChI is InChI=1S/C10H6BBrN2O3/c1-17-5-3-14-10(12)7-6(5)4(2-13-7)8(15)9(11)16/h2-3,13H,1H3. The van der Waals surface area contributed by atoms with Crippen LogP contribution in [-0.4, -0.2) is 36.4 Å². The van der Waals surface area contributed by atoms with Crippen molar-refractivity contribution in [2.45, 2.75) is 0 Å². The van der Waals surface area contributed by atoms with Crippen molar-refractivity contribution in [3.05, 3.63) is 22.6 Å². The second-order valence-electron chi connectivity index (χ2n) is 3.26. The van der Waals surface area contributed by atoms with Crippen LogP contribution < -0.4 is 4.74 Å². The molecule has 2 aromatic heterocycles. The van der Waals surface area contributed by atoms with E-state index >= 15 is 0 Å². The minimum absolute atomic E-state index is 0.174. The van der Waals surface area contributed by atoms with E-state index in [0.717, 1.165) is 0 Å². The van der Waals surface area contributed by atoms with Crippen molar-refractivity contribution >= 4 is 46.1 Å². The summed E-state index contributed by atoms with van der Waals surface area (Å²) in [4.78, 5) is 29.4. The van der Waals surface area contributed by atoms with E-state index in [1.54, 1.807) is 0 Å². The van der Waals surface area contributed by atoms with Crippen molar-refractivity contribution < 1.29 is 14.3 Å². The van der Waals surface area contributed by atoms with Crippen molar-refractivity contribution in [3.63, 3.8) is 0 Å². The van der Waals surface area contributed by atoms with Crippen LogP contribution in [0.25, 0.3) is 10.9 Å². The lowest BCUT2D eigenvalue weighted by atomic mass is 9.94. The average molecular weight is 293 g/mol. The number of carbonyl (C=O) groups excluding carboxylic acids is 2. The molecule has 0 saturated carbocycles. The normalized spacial score (nSPS) is 10.5. The fourth-order valence-electron chi connectivity index (χ4n) is 1.55. The van der Waals surface area contributed by atoms with Gasteiger partial charge in [-0.1, -0.05) is 0 Å². The second-order valence-corrected chi connectivity index (χ2v) is 4.01. The summed E-state index contributed by atoms with van der Waals surface area (Å²) in [5, 5.41) is 0.484. The molecule has 2 aromatic rings. The van der Waals surface area contributed by atoms with Gasteiger partial charge in [-0.25, -0.2) is 4.98 Å². The van der Waals surface area contributed by atoms with Gasteiger partial charge in [0.2, 0.25) is 5.78 Å². The van der Waals surface area contributed by atoms with Gasteiger partial charge in [0, 0.05) is 6.20 Å². The van der Waals surface area contributed by atoms with Crippen molar-refractivity contribution in [3.8, 4) is 5.75 Å². The summed E-state index contributed by atoms with van der Waals surface area (Å²) in [6.45, 7) is 0. The maximum absolute atomic E-state index is 11.6. The first-order valence-corrected chi connectivity index (χ1v) is 5.39. The number of pyridine rings is 1. The number of fused-ring (bicyclic) bond motifs is 1. The van der Waals surface area contributed by atoms with Gasteiger partial charge >= 0.3 is 0 Å². The van der Waals surface area contributed by atoms with Crippen LogP contribution in [0.1, 0.15) is 10.4 Å². The number of carbonyl (C=O) groups is 2. The Morgan fingerprint density at radius 2 is 2.24 bits per heavy atom. The Morgan fingerprint density at radius 3 is 2.82 bits per heavy atom. The van der Waals surface area contributed by atoms with Crippen molar-refractivity contribution in [1.82, 2.24) is 9.97 Å². The van der Waals surface area contributed by atoms with Gasteiger partial charge in [-0.05, 0) is 15.9 Å². The van der Waals surface area contributed by atoms with E-state index in [2.05, 4.69) is 25.9 Å². The third-order valence-electron chi connectivity index (χ3n) is 2.32. The number of nitrogens with one attached hydrogen (secondary N) is 1. The first-order valence-electron chi connectivity index (χ1n) is 4.60. The van der Waals surface area contributed by atoms with Crippen LogP contribution in [0.5, 0.6) is 5.75 Å². The van der Waals surface area contributed by atoms with Crippen molar-refractivity contribution in [2.75, 3.05) is 7.11 Å². The topological polar surface area (TPSA) is 72.0 Å². The van der Waals surface area contributed by atoms with Crippen molar-refractivity contribution in [2.24, 2.45) is 0 Å². The third-order valence-corrected chi connectivity index (χ3v) is 2.92. The molecule has 7 heteroatoms. The third kappa shape index (κ3) is 1.86. The molecular weight excluding hydrogens is 287 g/mol. The molecule has 2 heterocycles. The Labute approximate surface area is 106 Å². The monoisotopic (exact) mass is 292 g/mol. The summed E-state index contributed by atoms with van der Waals surface area (Å²) in [6, 6.07) is 0. The molecule has 2 rings (SSSR count). The van der Waals surface area contributed by atoms with E-state index in [9.17, 15) is 9.59 Å². The molecule has 5 nitrogen and oxygen atoms in total. The molecule has 2 radical (unpaired) electrons. The van der Waals surface area contributed by atoms with E-state index in [-0.39, 0.29) is 5.56 Å². The molecule has 0 fully saturated rings. The molecule has 84 valence electrons. The number of Topliss-reactive ketones (excluding diaryl/α,β-unsaturated/α-hetero) is 1. The minimum atomic E-state index is -1.01. The highest BCUT2D eigenvalue weighted by atomic mass is 79.9. The molecule has 0 saturated heterocycles. The number of methoxy groups -OCH3 is 1. The number of H-pyrrole nitrogens is 1. The van der Waals surface area contributed by atoms with Gasteiger partial charge in [0.25, 0.3) is 0 Å². The average Bonchev–Trinajstić information content (AvgIpc) is 2.74. The van der Waals surface area contributed by atoms with Crippen molar-refractivity contribution in [1.29, 1.82) is 0 Å². The maximum Gasteiger partial charge on any atom is 0.219 e. The zero-order valence-corrected chi connectivity index (χ0v) is 10.4. The van der Waals surface area contributed by atoms with Crippen LogP contribution in [0.15, 0.2) is 17.0 Å². The van der Waals surface area contributed by atoms with Gasteiger partial charge in [-0.15, -0.1) is 0 Å². The predicted octanol–water partition coefficient (Wildman–Crippen LogP) is 1.21. The lowest BCUT2D eigenvalue weighted by molar-refractivity contribution is -0.108. The first kappa shape index (κ1) is 11.8. The summed E-state index contributed by atoms with van der Waals surface area (Å²) in [7, 11) is 6.43. The minimum Gasteiger partial charge on any atom is -0.494 e. The Balaban J connectivity index is 2.78. The molecule has 0 atom stereocenters. The van der Waals surface area contributed by atoms with Crippen LogP contribution in [0, 0.1) is 0 Å². The summed E-state index contributed by atoms with van der Waals surface area (Å²) in [5.74, 6) is -0.373. The molecule has 0 aliphatic rings. The summed E-state index contributed by atoms with van der Waals surface area (Å²) >= 11 is 3.23. The van der Waals surface area contributed by atoms with Gasteiger partial charge in [-0.3, -0.25) is 4.79 Å². The molecule has 0 bridgehead atoms. The highest BCUT2D eigenvalue weighted by Crippen LogP contribution is 2.32. The van der Waals surface area contributed by atoms with E-state index in [4.69, 9.17) is 12.6 Å². The molecule has 17 heavy (non-hydrogen) atoms. The Bertz CT molecular complexity index is 623. The second kappa shape index (κ2) is 4.33. The lowest BCUT2D eigenvalue weighted by Crippen LogP contribution is -2.13. The van der Waals surface area contributed by atoms with Crippen LogP contribution in [0.3, 0.4) is 0 Å². The number of aromatic amines is 1. The number of hydrogen-bond donors (Lipinski definition) is 1. The van der Waals surface area contributed by atoms with E-state index in [1.165, 1.54) is 19.5 Å². The number of halogens is 1. The first-order chi connectivity index (χ1) is 8.06. The number of rotatable bonds is 3. The predicted molar refractivity (Wildman–Crippen MR) is 65.4 cm³/mol. The number of ether oxygens (including phenoxy) is 1. The maximum atomic E-state index is 11.6. The van der Waals surface area contributed by atoms with Gasteiger partial charge in [0.15, 0.2) is 7.85 Å². The molecule has 0 unspecified atom stereocenters. The highest BCUT2D eigenvalue weighted by molar-refractivity contribution is 9.10. The van der Waals surface area contributed by atoms with Gasteiger partial charge in [-0.2, -0.15) is 0 Å². The fourth-order valence-corrected chi connectivity index (χ4v) is 1.97. The molecule has 0 aliphatic carbocycles. The van der Waals surface area contributed by atoms with E-state index in [1.807, 2.05) is 0 Å². The number of hydrogen-bond acceptors (Lipinski definition) is 4. The fraction of sp³-hybridized carbons (Fsp3) is 0.100. The van der Waals surface area contributed by atoms with Crippen LogP contribution in [0.2, 0.25) is 0 Å². The van der Waals surface area contributed by atoms with Crippen LogP contribution in [0.4, 0.5) is 0 Å². The van der Waals surface area contributed by atoms with Gasteiger partial charge < -0.3 is 14.5 Å². The molecule has 1 N–H and O–H groups in total. The van der Waals surface area contributed by atoms with Gasteiger partial charge in [0.05, 0.1) is 29.8 Å². The molecule has 0 amide bonds. The summed E-state index contributed by atoms with van der Waals surface area (Å²) < 4.78 is 5.63. The largest absolute Gasteiger partial charge is 0.494 e. The molecule has 0 aromatic carbocycles. The zero-order valence-electron chi connectivity index (χ0n) is 8.78. The summed E-state index contributed by atoms with van der Waals surface area (Å²) in [5.41, 5.74) is -0.262. The highest BCUT2D eigenvalue weighted by Gasteiger charge is 2.20. The molecular formula is C10H6BBrN2O3. The lowest BCUT2D eigenvalue weighted by Gasteiger charge is -2.03. The summed E-state index contributed by atoms with van der Waals surface area (Å²) in [6.07, 6.45) is 2.87. The van der Waals surface area contributed by atoms with Crippen LogP contribution >= 0.6 is 15.9 Å². The Kier molecular flexibility index (Phi) is 3.02. The molecule has 0 spiro atoms. The van der Waals surface area contributed by atoms with E-state index < -0.39 is 11.5 Å². The Hall–Kier alpha value is -1.63. The number of nitrogens with zero attached hydrogens (tertiary/aromatic N) is 1. The van der Waals surface area contributed by atoms with Gasteiger partial charge in [0.1, 0.15) is 16.0 Å². The number of ketones is 1. The molecule has 0 aliphatic heterocycles. The SMILES string of the molecule is [B]C(=O)C(=O)c1c[nH]c2c(Br)ncc(OC)c12. The van der Waals surface area contributed by atoms with E-state index in [0.29, 0.717) is 21.3 Å². The van der Waals surface area contributed by atoms with Crippen LogP contribution in [-0.2, 0) is 4.79 Å². The Morgan fingerprint density at radius 1 is 1.53 bits per heavy atom. The number of aromatic nitrogens is 2. The smallest absolute Gasteiger partial charge is 0.219 e. The quantitative estimate of drug-likeness (QED) is 0.399.